The van der Waals surface area contributed by atoms with Gasteiger partial charge in [0, 0.05) is 17.3 Å². The van der Waals surface area contributed by atoms with E-state index < -0.39 is 17.2 Å². The number of aryl methyl sites for hydroxylation is 1. The number of nitrogens with zero attached hydrogens (tertiary/aromatic N) is 2. The second-order valence-corrected chi connectivity index (χ2v) is 5.48. The van der Waals surface area contributed by atoms with Gasteiger partial charge in [-0.05, 0) is 24.6 Å². The van der Waals surface area contributed by atoms with Crippen LogP contribution in [0.2, 0.25) is 0 Å². The normalized spacial score (nSPS) is 10.5. The molecule has 0 saturated carbocycles. The summed E-state index contributed by atoms with van der Waals surface area (Å²) < 4.78 is 2.11. The summed E-state index contributed by atoms with van der Waals surface area (Å²) >= 11 is 0. The Hall–Kier alpha value is -3.21. The van der Waals surface area contributed by atoms with Gasteiger partial charge in [-0.1, -0.05) is 48.5 Å². The van der Waals surface area contributed by atoms with E-state index in [0.29, 0.717) is 11.3 Å². The number of benzene rings is 2. The highest BCUT2D eigenvalue weighted by atomic mass is 16.2. The minimum Gasteiger partial charge on any atom is -0.269 e. The summed E-state index contributed by atoms with van der Waals surface area (Å²) in [4.78, 5) is 37.6. The SMILES string of the molecule is Cc1cc(=O)n(Cc2ccccc2)c(=O)n1C(=O)c1ccccc1. The molecule has 3 aromatic rings. The third-order valence-electron chi connectivity index (χ3n) is 3.78. The molecule has 0 bridgehead atoms. The molecule has 24 heavy (non-hydrogen) atoms. The second-order valence-electron chi connectivity index (χ2n) is 5.48. The molecule has 0 aliphatic rings. The standard InChI is InChI=1S/C19H16N2O3/c1-14-12-17(22)20(13-15-8-4-2-5-9-15)19(24)21(14)18(23)16-10-6-3-7-11-16/h2-12H,13H2,1H3. The highest BCUT2D eigenvalue weighted by Gasteiger charge is 2.16. The van der Waals surface area contributed by atoms with E-state index in [1.54, 1.807) is 37.3 Å². The highest BCUT2D eigenvalue weighted by Crippen LogP contribution is 2.04. The zero-order valence-electron chi connectivity index (χ0n) is 13.2. The molecule has 1 heterocycles. The summed E-state index contributed by atoms with van der Waals surface area (Å²) in [6.07, 6.45) is 0. The zero-order chi connectivity index (χ0) is 17.1. The van der Waals surface area contributed by atoms with Gasteiger partial charge in [0.1, 0.15) is 0 Å². The summed E-state index contributed by atoms with van der Waals surface area (Å²) in [5, 5.41) is 0. The van der Waals surface area contributed by atoms with E-state index in [1.807, 2.05) is 30.3 Å². The van der Waals surface area contributed by atoms with Crippen molar-refractivity contribution in [2.75, 3.05) is 0 Å². The fourth-order valence-corrected chi connectivity index (χ4v) is 2.56. The van der Waals surface area contributed by atoms with Crippen LogP contribution in [-0.2, 0) is 6.54 Å². The quantitative estimate of drug-likeness (QED) is 0.742. The molecule has 0 saturated heterocycles. The van der Waals surface area contributed by atoms with Gasteiger partial charge in [0.15, 0.2) is 0 Å². The molecule has 0 aliphatic heterocycles. The molecule has 1 aromatic heterocycles. The minimum atomic E-state index is -0.627. The molecule has 0 fully saturated rings. The van der Waals surface area contributed by atoms with E-state index in [9.17, 15) is 14.4 Å². The molecule has 5 heteroatoms. The molecule has 5 nitrogen and oxygen atoms in total. The number of hydrogen-bond donors (Lipinski definition) is 0. The van der Waals surface area contributed by atoms with Gasteiger partial charge in [0.05, 0.1) is 6.54 Å². The van der Waals surface area contributed by atoms with Gasteiger partial charge in [-0.2, -0.15) is 0 Å². The van der Waals surface area contributed by atoms with Crippen LogP contribution < -0.4 is 11.2 Å². The average molecular weight is 320 g/mol. The molecule has 0 N–H and O–H groups in total. The highest BCUT2D eigenvalue weighted by molar-refractivity contribution is 5.96. The van der Waals surface area contributed by atoms with Crippen LogP contribution in [0.25, 0.3) is 0 Å². The molecule has 0 amide bonds. The lowest BCUT2D eigenvalue weighted by molar-refractivity contribution is 0.0949. The van der Waals surface area contributed by atoms with Crippen LogP contribution >= 0.6 is 0 Å². The first-order valence-electron chi connectivity index (χ1n) is 7.55. The van der Waals surface area contributed by atoms with Crippen molar-refractivity contribution in [3.63, 3.8) is 0 Å². The summed E-state index contributed by atoms with van der Waals surface area (Å²) in [7, 11) is 0. The summed E-state index contributed by atoms with van der Waals surface area (Å²) in [5.74, 6) is -0.445. The number of hydrogen-bond acceptors (Lipinski definition) is 3. The number of carbonyl (C=O) groups is 1. The molecule has 0 aliphatic carbocycles. The first-order chi connectivity index (χ1) is 11.6. The van der Waals surface area contributed by atoms with Gasteiger partial charge >= 0.3 is 5.69 Å². The third kappa shape index (κ3) is 2.96. The topological polar surface area (TPSA) is 61.1 Å². The third-order valence-corrected chi connectivity index (χ3v) is 3.78. The van der Waals surface area contributed by atoms with Crippen molar-refractivity contribution in [2.24, 2.45) is 0 Å². The largest absolute Gasteiger partial charge is 0.338 e. The van der Waals surface area contributed by atoms with Crippen molar-refractivity contribution in [3.05, 3.63) is 104 Å². The van der Waals surface area contributed by atoms with E-state index in [4.69, 9.17) is 0 Å². The minimum absolute atomic E-state index is 0.126. The first-order valence-corrected chi connectivity index (χ1v) is 7.55. The maximum absolute atomic E-state index is 12.7. The van der Waals surface area contributed by atoms with E-state index >= 15 is 0 Å². The van der Waals surface area contributed by atoms with Crippen molar-refractivity contribution in [3.8, 4) is 0 Å². The van der Waals surface area contributed by atoms with Gasteiger partial charge in [-0.25, -0.2) is 9.36 Å². The Morgan fingerprint density at radius 3 is 2.12 bits per heavy atom. The lowest BCUT2D eigenvalue weighted by Gasteiger charge is -2.12. The Kier molecular flexibility index (Phi) is 4.24. The van der Waals surface area contributed by atoms with Crippen LogP contribution in [0.15, 0.2) is 76.3 Å². The predicted octanol–water partition coefficient (Wildman–Crippen LogP) is 2.06. The fourth-order valence-electron chi connectivity index (χ4n) is 2.56. The van der Waals surface area contributed by atoms with E-state index in [0.717, 1.165) is 14.7 Å². The Bertz CT molecular complexity index is 987. The van der Waals surface area contributed by atoms with Crippen LogP contribution in [0.1, 0.15) is 21.6 Å². The molecule has 0 spiro atoms. The van der Waals surface area contributed by atoms with Crippen LogP contribution in [-0.4, -0.2) is 15.0 Å². The van der Waals surface area contributed by atoms with Crippen molar-refractivity contribution in [1.82, 2.24) is 9.13 Å². The summed E-state index contributed by atoms with van der Waals surface area (Å²) in [6, 6.07) is 19.0. The van der Waals surface area contributed by atoms with Crippen molar-refractivity contribution in [1.29, 1.82) is 0 Å². The van der Waals surface area contributed by atoms with Crippen LogP contribution in [0.3, 0.4) is 0 Å². The van der Waals surface area contributed by atoms with Crippen LogP contribution in [0.5, 0.6) is 0 Å². The zero-order valence-corrected chi connectivity index (χ0v) is 13.2. The lowest BCUT2D eigenvalue weighted by atomic mass is 10.2. The van der Waals surface area contributed by atoms with Gasteiger partial charge in [0.2, 0.25) is 0 Å². The van der Waals surface area contributed by atoms with Crippen LogP contribution in [0.4, 0.5) is 0 Å². The van der Waals surface area contributed by atoms with Crippen molar-refractivity contribution >= 4 is 5.91 Å². The Morgan fingerprint density at radius 1 is 0.917 bits per heavy atom. The summed E-state index contributed by atoms with van der Waals surface area (Å²) in [6.45, 7) is 1.71. The average Bonchev–Trinajstić information content (AvgIpc) is 2.60. The number of rotatable bonds is 3. The first kappa shape index (κ1) is 15.7. The second kappa shape index (κ2) is 6.50. The van der Waals surface area contributed by atoms with Crippen molar-refractivity contribution < 1.29 is 4.79 Å². The maximum Gasteiger partial charge on any atom is 0.338 e. The van der Waals surface area contributed by atoms with E-state index in [-0.39, 0.29) is 6.54 Å². The van der Waals surface area contributed by atoms with Crippen LogP contribution in [0, 0.1) is 6.92 Å². The Labute approximate surface area is 138 Å². The molecule has 0 unspecified atom stereocenters. The number of carbonyl (C=O) groups excluding carboxylic acids is 1. The molecule has 120 valence electrons. The molecular formula is C19H16N2O3. The smallest absolute Gasteiger partial charge is 0.269 e. The Morgan fingerprint density at radius 2 is 1.50 bits per heavy atom. The fraction of sp³-hybridized carbons (Fsp3) is 0.105. The van der Waals surface area contributed by atoms with Gasteiger partial charge in [-0.3, -0.25) is 14.2 Å². The van der Waals surface area contributed by atoms with Gasteiger partial charge < -0.3 is 0 Å². The van der Waals surface area contributed by atoms with E-state index in [2.05, 4.69) is 0 Å². The molecular weight excluding hydrogens is 304 g/mol. The summed E-state index contributed by atoms with van der Waals surface area (Å²) in [5.41, 5.74) is 0.492. The maximum atomic E-state index is 12.7. The van der Waals surface area contributed by atoms with Gasteiger partial charge in [-0.15, -0.1) is 0 Å². The van der Waals surface area contributed by atoms with Crippen molar-refractivity contribution in [2.45, 2.75) is 13.5 Å². The van der Waals surface area contributed by atoms with E-state index in [1.165, 1.54) is 6.07 Å². The number of aromatic nitrogens is 2. The monoisotopic (exact) mass is 320 g/mol. The van der Waals surface area contributed by atoms with Gasteiger partial charge in [0.25, 0.3) is 11.5 Å². The molecule has 2 aromatic carbocycles. The molecule has 3 rings (SSSR count). The molecule has 0 atom stereocenters. The lowest BCUT2D eigenvalue weighted by Crippen LogP contribution is -2.43. The molecule has 0 radical (unpaired) electrons. The Balaban J connectivity index is 2.12. The predicted molar refractivity (Wildman–Crippen MR) is 91.4 cm³/mol.